The van der Waals surface area contributed by atoms with Gasteiger partial charge in [0.15, 0.2) is 0 Å². The normalized spacial score (nSPS) is 11.3. The van der Waals surface area contributed by atoms with Crippen LogP contribution in [0.15, 0.2) is 29.4 Å². The van der Waals surface area contributed by atoms with Crippen molar-refractivity contribution in [2.75, 3.05) is 0 Å². The molecule has 6 nitrogen and oxygen atoms in total. The van der Waals surface area contributed by atoms with Gasteiger partial charge in [-0.1, -0.05) is 29.4 Å². The minimum absolute atomic E-state index is 0.275. The Morgan fingerprint density at radius 1 is 1.56 bits per heavy atom. The van der Waals surface area contributed by atoms with E-state index in [2.05, 4.69) is 10.0 Å². The third-order valence-electron chi connectivity index (χ3n) is 1.94. The smallest absolute Gasteiger partial charge is 0.404 e. The van der Waals surface area contributed by atoms with Crippen LogP contribution in [-0.4, -0.2) is 12.2 Å². The van der Waals surface area contributed by atoms with Crippen molar-refractivity contribution >= 4 is 11.8 Å². The fraction of sp³-hybridized carbons (Fsp3) is 0.300. The average Bonchev–Trinajstić information content (AvgIpc) is 2.20. The molecule has 0 saturated carbocycles. The Bertz CT molecular complexity index is 409. The Morgan fingerprint density at radius 2 is 2.19 bits per heavy atom. The number of azide groups is 1. The summed E-state index contributed by atoms with van der Waals surface area (Å²) in [6.45, 7) is 1.76. The van der Waals surface area contributed by atoms with Gasteiger partial charge in [0.1, 0.15) is 6.10 Å². The van der Waals surface area contributed by atoms with Crippen LogP contribution in [0.25, 0.3) is 10.4 Å². The van der Waals surface area contributed by atoms with Crippen LogP contribution in [0.3, 0.4) is 0 Å². The zero-order valence-electron chi connectivity index (χ0n) is 8.83. The first-order chi connectivity index (χ1) is 7.61. The van der Waals surface area contributed by atoms with E-state index in [0.29, 0.717) is 12.1 Å². The summed E-state index contributed by atoms with van der Waals surface area (Å²) >= 11 is 0. The van der Waals surface area contributed by atoms with Gasteiger partial charge in [0, 0.05) is 17.0 Å². The zero-order valence-corrected chi connectivity index (χ0v) is 8.83. The summed E-state index contributed by atoms with van der Waals surface area (Å²) in [5.41, 5.74) is 14.6. The summed E-state index contributed by atoms with van der Waals surface area (Å²) < 4.78 is 4.79. The van der Waals surface area contributed by atoms with Crippen molar-refractivity contribution in [3.8, 4) is 0 Å². The largest absolute Gasteiger partial charge is 0.446 e. The summed E-state index contributed by atoms with van der Waals surface area (Å²) in [7, 11) is 0. The van der Waals surface area contributed by atoms with Crippen LogP contribution < -0.4 is 5.73 Å². The first kappa shape index (κ1) is 11.9. The van der Waals surface area contributed by atoms with Gasteiger partial charge in [0.25, 0.3) is 0 Å². The Kier molecular flexibility index (Phi) is 4.17. The number of primary amides is 1. The van der Waals surface area contributed by atoms with Crippen LogP contribution in [0.4, 0.5) is 10.5 Å². The first-order valence-corrected chi connectivity index (χ1v) is 4.72. The maximum Gasteiger partial charge on any atom is 0.404 e. The van der Waals surface area contributed by atoms with Crippen LogP contribution in [0.2, 0.25) is 0 Å². The molecule has 0 radical (unpaired) electrons. The molecule has 84 valence electrons. The summed E-state index contributed by atoms with van der Waals surface area (Å²) in [6.07, 6.45) is -0.486. The lowest BCUT2D eigenvalue weighted by Gasteiger charge is -2.11. The van der Waals surface area contributed by atoms with Crippen LogP contribution in [-0.2, 0) is 11.2 Å². The number of hydrogen-bond acceptors (Lipinski definition) is 3. The molecule has 0 heterocycles. The molecule has 16 heavy (non-hydrogen) atoms. The quantitative estimate of drug-likeness (QED) is 0.479. The summed E-state index contributed by atoms with van der Waals surface area (Å²) in [4.78, 5) is 13.2. The van der Waals surface area contributed by atoms with Crippen LogP contribution in [0.5, 0.6) is 0 Å². The fourth-order valence-corrected chi connectivity index (χ4v) is 1.32. The van der Waals surface area contributed by atoms with Gasteiger partial charge in [-0.3, -0.25) is 0 Å². The molecule has 0 saturated heterocycles. The molecule has 1 amide bonds. The lowest BCUT2D eigenvalue weighted by Crippen LogP contribution is -2.21. The van der Waals surface area contributed by atoms with Crippen molar-refractivity contribution in [3.05, 3.63) is 40.3 Å². The number of benzene rings is 1. The highest BCUT2D eigenvalue weighted by Crippen LogP contribution is 2.14. The number of amides is 1. The third-order valence-corrected chi connectivity index (χ3v) is 1.94. The van der Waals surface area contributed by atoms with E-state index >= 15 is 0 Å². The number of rotatable bonds is 4. The van der Waals surface area contributed by atoms with E-state index in [1.165, 1.54) is 0 Å². The van der Waals surface area contributed by atoms with Gasteiger partial charge in [-0.15, -0.1) is 0 Å². The Morgan fingerprint density at radius 3 is 2.69 bits per heavy atom. The second kappa shape index (κ2) is 5.63. The monoisotopic (exact) mass is 220 g/mol. The molecule has 1 unspecified atom stereocenters. The highest BCUT2D eigenvalue weighted by Gasteiger charge is 2.06. The lowest BCUT2D eigenvalue weighted by atomic mass is 10.1. The summed E-state index contributed by atoms with van der Waals surface area (Å²) in [5.74, 6) is 0. The van der Waals surface area contributed by atoms with Gasteiger partial charge in [-0.2, -0.15) is 0 Å². The minimum Gasteiger partial charge on any atom is -0.446 e. The molecule has 0 bridgehead atoms. The van der Waals surface area contributed by atoms with Gasteiger partial charge < -0.3 is 10.5 Å². The van der Waals surface area contributed by atoms with E-state index < -0.39 is 6.09 Å². The molecule has 0 aliphatic heterocycles. The molecule has 1 atom stereocenters. The first-order valence-electron chi connectivity index (χ1n) is 4.72. The average molecular weight is 220 g/mol. The number of ether oxygens (including phenoxy) is 1. The van der Waals surface area contributed by atoms with Gasteiger partial charge in [0.05, 0.1) is 0 Å². The molecule has 0 spiro atoms. The number of carbonyl (C=O) groups is 1. The van der Waals surface area contributed by atoms with E-state index in [-0.39, 0.29) is 6.10 Å². The van der Waals surface area contributed by atoms with E-state index in [1.807, 2.05) is 12.1 Å². The molecule has 0 fully saturated rings. The lowest BCUT2D eigenvalue weighted by molar-refractivity contribution is 0.116. The van der Waals surface area contributed by atoms with Crippen molar-refractivity contribution in [1.29, 1.82) is 0 Å². The Balaban J connectivity index is 2.61. The SMILES string of the molecule is CC(Cc1ccc(N=[N+]=[N-])cc1)OC(N)=O. The maximum atomic E-state index is 10.5. The summed E-state index contributed by atoms with van der Waals surface area (Å²) in [6, 6.07) is 7.02. The van der Waals surface area contributed by atoms with Crippen LogP contribution >= 0.6 is 0 Å². The molecule has 2 N–H and O–H groups in total. The van der Waals surface area contributed by atoms with Gasteiger partial charge >= 0.3 is 6.09 Å². The molecular weight excluding hydrogens is 208 g/mol. The van der Waals surface area contributed by atoms with Crippen LogP contribution in [0.1, 0.15) is 12.5 Å². The van der Waals surface area contributed by atoms with Crippen molar-refractivity contribution in [2.24, 2.45) is 10.8 Å². The second-order valence-electron chi connectivity index (χ2n) is 3.31. The predicted molar refractivity (Wildman–Crippen MR) is 59.1 cm³/mol. The zero-order chi connectivity index (χ0) is 12.0. The van der Waals surface area contributed by atoms with Crippen molar-refractivity contribution in [3.63, 3.8) is 0 Å². The minimum atomic E-state index is -0.779. The number of hydrogen-bond donors (Lipinski definition) is 1. The van der Waals surface area contributed by atoms with Gasteiger partial charge in [-0.25, -0.2) is 4.79 Å². The third kappa shape index (κ3) is 3.89. The fourth-order valence-electron chi connectivity index (χ4n) is 1.32. The van der Waals surface area contributed by atoms with E-state index in [0.717, 1.165) is 5.56 Å². The standard InChI is InChI=1S/C10H12N4O2/c1-7(16-10(11)15)6-8-2-4-9(5-3-8)13-14-12/h2-5,7H,6H2,1H3,(H2,11,15). The number of carbonyl (C=O) groups excluding carboxylic acids is 1. The van der Waals surface area contributed by atoms with Crippen molar-refractivity contribution in [2.45, 2.75) is 19.4 Å². The molecule has 0 aromatic heterocycles. The topological polar surface area (TPSA) is 101 Å². The van der Waals surface area contributed by atoms with Gasteiger partial charge in [0.2, 0.25) is 0 Å². The van der Waals surface area contributed by atoms with Crippen LogP contribution in [0, 0.1) is 0 Å². The van der Waals surface area contributed by atoms with E-state index in [1.54, 1.807) is 19.1 Å². The summed E-state index contributed by atoms with van der Waals surface area (Å²) in [5, 5.41) is 3.45. The van der Waals surface area contributed by atoms with E-state index in [4.69, 9.17) is 16.0 Å². The van der Waals surface area contributed by atoms with Gasteiger partial charge in [-0.05, 0) is 18.0 Å². The molecule has 0 aliphatic rings. The molecule has 6 heteroatoms. The van der Waals surface area contributed by atoms with Crippen molar-refractivity contribution in [1.82, 2.24) is 0 Å². The molecule has 0 aliphatic carbocycles. The van der Waals surface area contributed by atoms with E-state index in [9.17, 15) is 4.79 Å². The Labute approximate surface area is 92.6 Å². The molecule has 1 aromatic carbocycles. The molecule has 1 aromatic rings. The molecular formula is C10H12N4O2. The predicted octanol–water partition coefficient (Wildman–Crippen LogP) is 2.65. The number of nitrogens with zero attached hydrogens (tertiary/aromatic N) is 3. The Hall–Kier alpha value is -2.20. The highest BCUT2D eigenvalue weighted by atomic mass is 16.6. The van der Waals surface area contributed by atoms with Crippen molar-refractivity contribution < 1.29 is 9.53 Å². The number of nitrogens with two attached hydrogens (primary N) is 1. The molecule has 1 rings (SSSR count). The second-order valence-corrected chi connectivity index (χ2v) is 3.31. The maximum absolute atomic E-state index is 10.5. The highest BCUT2D eigenvalue weighted by molar-refractivity contribution is 5.64.